The number of rotatable bonds is 2. The Bertz CT molecular complexity index is 498. The highest BCUT2D eigenvalue weighted by atomic mass is 35.5. The summed E-state index contributed by atoms with van der Waals surface area (Å²) in [6.45, 7) is 10.1. The Kier molecular flexibility index (Phi) is 3.78. The summed E-state index contributed by atoms with van der Waals surface area (Å²) in [7, 11) is -0.356. The molecule has 0 bridgehead atoms. The van der Waals surface area contributed by atoms with Crippen molar-refractivity contribution in [1.82, 2.24) is 4.98 Å². The molecule has 1 fully saturated rings. The number of aromatic nitrogens is 1. The Morgan fingerprint density at radius 3 is 2.32 bits per heavy atom. The predicted octanol–water partition coefficient (Wildman–Crippen LogP) is 3.69. The van der Waals surface area contributed by atoms with E-state index in [1.807, 2.05) is 52.7 Å². The van der Waals surface area contributed by atoms with Gasteiger partial charge in [0.1, 0.15) is 5.15 Å². The third kappa shape index (κ3) is 3.02. The molecule has 3 nitrogen and oxygen atoms in total. The first-order chi connectivity index (χ1) is 8.71. The quantitative estimate of drug-likeness (QED) is 0.611. The maximum atomic E-state index is 5.90. The highest BCUT2D eigenvalue weighted by Gasteiger charge is 2.49. The number of pyridine rings is 1. The fraction of sp³-hybridized carbons (Fsp3) is 0.500. The third-order valence-corrected chi connectivity index (χ3v) is 4.00. The minimum Gasteiger partial charge on any atom is -0.400 e. The van der Waals surface area contributed by atoms with Crippen molar-refractivity contribution in [3.05, 3.63) is 34.5 Å². The molecule has 0 aromatic carbocycles. The van der Waals surface area contributed by atoms with Gasteiger partial charge in [-0.05, 0) is 52.3 Å². The monoisotopic (exact) mass is 279 g/mol. The summed E-state index contributed by atoms with van der Waals surface area (Å²) in [4.78, 5) is 4.27. The van der Waals surface area contributed by atoms with Crippen molar-refractivity contribution < 1.29 is 9.31 Å². The second-order valence-corrected chi connectivity index (χ2v) is 6.21. The average molecular weight is 280 g/mol. The van der Waals surface area contributed by atoms with E-state index in [2.05, 4.69) is 4.98 Å². The molecule has 5 heteroatoms. The van der Waals surface area contributed by atoms with Gasteiger partial charge in [0.15, 0.2) is 0 Å². The summed E-state index contributed by atoms with van der Waals surface area (Å²) in [5.74, 6) is 1.88. The normalized spacial score (nSPS) is 21.3. The van der Waals surface area contributed by atoms with Gasteiger partial charge in [-0.25, -0.2) is 4.98 Å². The van der Waals surface area contributed by atoms with E-state index < -0.39 is 0 Å². The molecule has 0 saturated carbocycles. The maximum absolute atomic E-state index is 5.90. The summed E-state index contributed by atoms with van der Waals surface area (Å²) in [5.41, 5.74) is 1.26. The fourth-order valence-electron chi connectivity index (χ4n) is 1.83. The Hall–Kier alpha value is -0.835. The molecule has 1 aromatic rings. The molecule has 2 heterocycles. The minimum atomic E-state index is -0.356. The van der Waals surface area contributed by atoms with Crippen molar-refractivity contribution in [3.8, 4) is 0 Å². The van der Waals surface area contributed by atoms with Crippen LogP contribution in [0.5, 0.6) is 0 Å². The van der Waals surface area contributed by atoms with Crippen molar-refractivity contribution in [2.75, 3.05) is 0 Å². The highest BCUT2D eigenvalue weighted by Crippen LogP contribution is 2.37. The summed E-state index contributed by atoms with van der Waals surface area (Å²) in [6, 6.07) is 3.72. The molecule has 1 saturated heterocycles. The SMILES string of the molecule is Cc1ccc(Cl)nc1/C=C/B1OC(C)(C)C(C)(C)O1. The lowest BCUT2D eigenvalue weighted by Gasteiger charge is -2.32. The van der Waals surface area contributed by atoms with Crippen molar-refractivity contribution >= 4 is 24.8 Å². The van der Waals surface area contributed by atoms with Crippen molar-refractivity contribution in [3.63, 3.8) is 0 Å². The number of hydrogen-bond donors (Lipinski definition) is 0. The lowest BCUT2D eigenvalue weighted by atomic mass is 9.89. The van der Waals surface area contributed by atoms with Crippen molar-refractivity contribution in [1.29, 1.82) is 0 Å². The van der Waals surface area contributed by atoms with Gasteiger partial charge in [-0.2, -0.15) is 0 Å². The molecule has 0 atom stereocenters. The lowest BCUT2D eigenvalue weighted by Crippen LogP contribution is -2.41. The van der Waals surface area contributed by atoms with Gasteiger partial charge >= 0.3 is 7.12 Å². The zero-order valence-electron chi connectivity index (χ0n) is 12.0. The molecule has 0 amide bonds. The van der Waals surface area contributed by atoms with Crippen molar-refractivity contribution in [2.45, 2.75) is 45.8 Å². The smallest absolute Gasteiger partial charge is 0.400 e. The van der Waals surface area contributed by atoms with E-state index in [4.69, 9.17) is 20.9 Å². The standard InChI is InChI=1S/C14H19BClNO2/c1-10-6-7-12(16)17-11(10)8-9-15-18-13(2,3)14(4,5)19-15/h6-9H,1-5H3/b9-8+. The van der Waals surface area contributed by atoms with Crippen LogP contribution in [-0.4, -0.2) is 23.3 Å². The lowest BCUT2D eigenvalue weighted by molar-refractivity contribution is 0.00578. The predicted molar refractivity (Wildman–Crippen MR) is 79.1 cm³/mol. The highest BCUT2D eigenvalue weighted by molar-refractivity contribution is 6.52. The van der Waals surface area contributed by atoms with E-state index in [-0.39, 0.29) is 18.3 Å². The number of halogens is 1. The molecular formula is C14H19BClNO2. The number of aryl methyl sites for hydroxylation is 1. The van der Waals surface area contributed by atoms with Crippen LogP contribution in [0.4, 0.5) is 0 Å². The molecule has 0 aliphatic carbocycles. The van der Waals surface area contributed by atoms with E-state index in [1.165, 1.54) is 0 Å². The summed E-state index contributed by atoms with van der Waals surface area (Å²) < 4.78 is 11.8. The fourth-order valence-corrected chi connectivity index (χ4v) is 1.98. The molecule has 2 rings (SSSR count). The van der Waals surface area contributed by atoms with Gasteiger partial charge in [-0.3, -0.25) is 0 Å². The van der Waals surface area contributed by atoms with Crippen LogP contribution in [0.3, 0.4) is 0 Å². The van der Waals surface area contributed by atoms with Crippen LogP contribution in [-0.2, 0) is 9.31 Å². The van der Waals surface area contributed by atoms with E-state index in [1.54, 1.807) is 6.07 Å². The van der Waals surface area contributed by atoms with Crippen molar-refractivity contribution in [2.24, 2.45) is 0 Å². The third-order valence-electron chi connectivity index (χ3n) is 3.78. The summed E-state index contributed by atoms with van der Waals surface area (Å²) in [5, 5.41) is 0.485. The Labute approximate surface area is 120 Å². The first kappa shape index (κ1) is 14.6. The molecule has 1 aromatic heterocycles. The van der Waals surface area contributed by atoms with Gasteiger partial charge in [0.25, 0.3) is 0 Å². The number of nitrogens with zero attached hydrogens (tertiary/aromatic N) is 1. The average Bonchev–Trinajstić information content (AvgIpc) is 2.49. The molecule has 102 valence electrons. The van der Waals surface area contributed by atoms with E-state index in [9.17, 15) is 0 Å². The first-order valence-corrected chi connectivity index (χ1v) is 6.76. The second-order valence-electron chi connectivity index (χ2n) is 5.82. The second kappa shape index (κ2) is 4.93. The molecule has 1 aliphatic heterocycles. The zero-order chi connectivity index (χ0) is 14.3. The van der Waals surface area contributed by atoms with Crippen LogP contribution < -0.4 is 0 Å². The first-order valence-electron chi connectivity index (χ1n) is 6.38. The molecular weight excluding hydrogens is 260 g/mol. The molecule has 1 aliphatic rings. The molecule has 0 spiro atoms. The Morgan fingerprint density at radius 1 is 1.16 bits per heavy atom. The molecule has 0 radical (unpaired) electrons. The summed E-state index contributed by atoms with van der Waals surface area (Å²) >= 11 is 5.90. The Morgan fingerprint density at radius 2 is 1.74 bits per heavy atom. The van der Waals surface area contributed by atoms with Crippen LogP contribution in [0.2, 0.25) is 5.15 Å². The van der Waals surface area contributed by atoms with E-state index in [0.717, 1.165) is 11.3 Å². The molecule has 0 N–H and O–H groups in total. The zero-order valence-corrected chi connectivity index (χ0v) is 12.8. The molecule has 0 unspecified atom stereocenters. The van der Waals surface area contributed by atoms with Crippen LogP contribution in [0.1, 0.15) is 39.0 Å². The van der Waals surface area contributed by atoms with Crippen LogP contribution in [0, 0.1) is 6.92 Å². The summed E-state index contributed by atoms with van der Waals surface area (Å²) in [6.07, 6.45) is 1.89. The van der Waals surface area contributed by atoms with Gasteiger partial charge < -0.3 is 9.31 Å². The number of hydrogen-bond acceptors (Lipinski definition) is 3. The largest absolute Gasteiger partial charge is 0.487 e. The Balaban J connectivity index is 2.15. The van der Waals surface area contributed by atoms with Gasteiger partial charge in [0.2, 0.25) is 0 Å². The van der Waals surface area contributed by atoms with E-state index in [0.29, 0.717) is 5.15 Å². The maximum Gasteiger partial charge on any atom is 0.487 e. The molecule has 19 heavy (non-hydrogen) atoms. The van der Waals surface area contributed by atoms with Crippen LogP contribution in [0.15, 0.2) is 18.1 Å². The van der Waals surface area contributed by atoms with Gasteiger partial charge in [0, 0.05) is 0 Å². The van der Waals surface area contributed by atoms with E-state index >= 15 is 0 Å². The van der Waals surface area contributed by atoms with Crippen LogP contribution in [0.25, 0.3) is 6.08 Å². The van der Waals surface area contributed by atoms with Gasteiger partial charge in [-0.15, -0.1) is 0 Å². The van der Waals surface area contributed by atoms with Gasteiger partial charge in [-0.1, -0.05) is 23.6 Å². The topological polar surface area (TPSA) is 31.4 Å². The van der Waals surface area contributed by atoms with Crippen LogP contribution >= 0.6 is 11.6 Å². The van der Waals surface area contributed by atoms with Gasteiger partial charge in [0.05, 0.1) is 16.9 Å². The minimum absolute atomic E-state index is 0.321.